The number of carbonyl (C=O) groups excluding carboxylic acids is 4. The van der Waals surface area contributed by atoms with Gasteiger partial charge in [0.05, 0.1) is 11.5 Å². The fourth-order valence-corrected chi connectivity index (χ4v) is 4.81. The largest absolute Gasteiger partial charge is 0.477 e. The summed E-state index contributed by atoms with van der Waals surface area (Å²) in [6.45, 7) is 11.1. The van der Waals surface area contributed by atoms with E-state index in [1.165, 1.54) is 5.01 Å². The molecule has 1 saturated heterocycles. The summed E-state index contributed by atoms with van der Waals surface area (Å²) in [6, 6.07) is 5.06. The van der Waals surface area contributed by atoms with E-state index in [1.807, 2.05) is 45.0 Å². The van der Waals surface area contributed by atoms with Crippen LogP contribution in [0.1, 0.15) is 66.0 Å². The Balaban J connectivity index is 1.66. The standard InChI is InChI=1S/C29H40N6O5/c1-16(2)24-26(37)32-18(4)27(38)35-11-7-8-22(34-35)25(36)31-17(3)19-9-10-20-14-30-23(13-21(20)12-19)40-15-29(5,6)28(39)33-24/h9-10,12-14,16-18,22,24,34H,7-8,11,15H2,1-6H3,(H,31,36)(H,32,37)(H,33,39)/t17-,18+,22+,24+/m1/s1. The molecule has 2 aromatic rings. The van der Waals surface area contributed by atoms with Crippen LogP contribution in [-0.2, 0) is 19.2 Å². The molecule has 216 valence electrons. The zero-order valence-electron chi connectivity index (χ0n) is 24.0. The van der Waals surface area contributed by atoms with Crippen molar-refractivity contribution in [2.24, 2.45) is 11.3 Å². The third-order valence-corrected chi connectivity index (χ3v) is 7.51. The van der Waals surface area contributed by atoms with Crippen LogP contribution in [0.25, 0.3) is 10.8 Å². The van der Waals surface area contributed by atoms with Gasteiger partial charge in [-0.05, 0) is 63.5 Å². The van der Waals surface area contributed by atoms with Crippen LogP contribution in [0.3, 0.4) is 0 Å². The van der Waals surface area contributed by atoms with Crippen molar-refractivity contribution < 1.29 is 23.9 Å². The molecule has 4 N–H and O–H groups in total. The van der Waals surface area contributed by atoms with Gasteiger partial charge in [0.2, 0.25) is 23.6 Å². The number of hydrogen-bond donors (Lipinski definition) is 4. The first kappa shape index (κ1) is 29.3. The summed E-state index contributed by atoms with van der Waals surface area (Å²) in [6.07, 6.45) is 2.92. The number of pyridine rings is 1. The molecular formula is C29H40N6O5. The van der Waals surface area contributed by atoms with Crippen LogP contribution in [-0.4, -0.2) is 64.9 Å². The highest BCUT2D eigenvalue weighted by molar-refractivity contribution is 5.93. The molecule has 11 nitrogen and oxygen atoms in total. The van der Waals surface area contributed by atoms with Crippen molar-refractivity contribution in [2.45, 2.75) is 78.6 Å². The first-order valence-corrected chi connectivity index (χ1v) is 13.9. The van der Waals surface area contributed by atoms with E-state index >= 15 is 0 Å². The van der Waals surface area contributed by atoms with Gasteiger partial charge in [-0.25, -0.2) is 10.4 Å². The van der Waals surface area contributed by atoms with Crippen molar-refractivity contribution in [3.8, 4) is 5.88 Å². The van der Waals surface area contributed by atoms with Gasteiger partial charge >= 0.3 is 0 Å². The van der Waals surface area contributed by atoms with Crippen molar-refractivity contribution in [2.75, 3.05) is 13.2 Å². The Morgan fingerprint density at radius 3 is 2.42 bits per heavy atom. The number of hydrazine groups is 1. The Morgan fingerprint density at radius 2 is 1.70 bits per heavy atom. The SMILES string of the molecule is CC(C)[C@@H]1NC(=O)C(C)(C)COc2cc3cc(ccc3cn2)[C@@H](C)NC(=O)[C@@H]2CCCN(N2)C(=O)[C@H](C)NC1=O. The summed E-state index contributed by atoms with van der Waals surface area (Å²) in [5.41, 5.74) is 2.97. The van der Waals surface area contributed by atoms with Crippen molar-refractivity contribution in [1.29, 1.82) is 0 Å². The second kappa shape index (κ2) is 11.8. The lowest BCUT2D eigenvalue weighted by molar-refractivity contribution is -0.143. The number of rotatable bonds is 1. The predicted molar refractivity (Wildman–Crippen MR) is 150 cm³/mol. The van der Waals surface area contributed by atoms with E-state index in [4.69, 9.17) is 4.74 Å². The summed E-state index contributed by atoms with van der Waals surface area (Å²) < 4.78 is 5.94. The highest BCUT2D eigenvalue weighted by atomic mass is 16.5. The highest BCUT2D eigenvalue weighted by Gasteiger charge is 2.36. The molecule has 2 aliphatic rings. The molecule has 0 aliphatic carbocycles. The smallest absolute Gasteiger partial charge is 0.258 e. The molecule has 1 aromatic heterocycles. The summed E-state index contributed by atoms with van der Waals surface area (Å²) >= 11 is 0. The molecule has 0 spiro atoms. The molecule has 0 saturated carbocycles. The average molecular weight is 553 g/mol. The van der Waals surface area contributed by atoms with E-state index in [1.54, 1.807) is 27.0 Å². The van der Waals surface area contributed by atoms with Crippen LogP contribution < -0.4 is 26.1 Å². The van der Waals surface area contributed by atoms with Gasteiger partial charge in [0.15, 0.2) is 0 Å². The number of hydrogen-bond acceptors (Lipinski definition) is 7. The molecule has 0 unspecified atom stereocenters. The Morgan fingerprint density at radius 1 is 0.975 bits per heavy atom. The lowest BCUT2D eigenvalue weighted by Gasteiger charge is -2.35. The fraction of sp³-hybridized carbons (Fsp3) is 0.552. The summed E-state index contributed by atoms with van der Waals surface area (Å²) in [7, 11) is 0. The van der Waals surface area contributed by atoms with E-state index < -0.39 is 29.4 Å². The zero-order valence-corrected chi connectivity index (χ0v) is 24.0. The minimum Gasteiger partial charge on any atom is -0.477 e. The Hall–Kier alpha value is -3.73. The molecular weight excluding hydrogens is 512 g/mol. The van der Waals surface area contributed by atoms with E-state index in [-0.39, 0.29) is 36.3 Å². The van der Waals surface area contributed by atoms with Crippen LogP contribution in [0.15, 0.2) is 30.5 Å². The van der Waals surface area contributed by atoms with Crippen molar-refractivity contribution in [1.82, 2.24) is 31.4 Å². The third-order valence-electron chi connectivity index (χ3n) is 7.51. The average Bonchev–Trinajstić information content (AvgIpc) is 2.92. The molecule has 4 atom stereocenters. The van der Waals surface area contributed by atoms with Gasteiger partial charge in [0.1, 0.15) is 24.7 Å². The molecule has 3 heterocycles. The molecule has 2 aliphatic heterocycles. The molecule has 40 heavy (non-hydrogen) atoms. The zero-order chi connectivity index (χ0) is 29.2. The minimum atomic E-state index is -0.975. The molecule has 5 bridgehead atoms. The molecule has 4 amide bonds. The number of nitrogens with one attached hydrogen (secondary N) is 4. The fourth-order valence-electron chi connectivity index (χ4n) is 4.81. The van der Waals surface area contributed by atoms with Crippen LogP contribution in [0.2, 0.25) is 0 Å². The summed E-state index contributed by atoms with van der Waals surface area (Å²) in [5, 5.41) is 11.8. The topological polar surface area (TPSA) is 142 Å². The second-order valence-corrected chi connectivity index (χ2v) is 11.8. The van der Waals surface area contributed by atoms with E-state index in [9.17, 15) is 19.2 Å². The normalized spacial score (nSPS) is 26.6. The van der Waals surface area contributed by atoms with Gasteiger partial charge in [-0.15, -0.1) is 0 Å². The Bertz CT molecular complexity index is 1290. The van der Waals surface area contributed by atoms with Gasteiger partial charge in [-0.1, -0.05) is 26.0 Å². The van der Waals surface area contributed by atoms with Gasteiger partial charge in [0.25, 0.3) is 5.91 Å². The summed E-state index contributed by atoms with van der Waals surface area (Å²) in [5.74, 6) is -1.25. The second-order valence-electron chi connectivity index (χ2n) is 11.8. The van der Waals surface area contributed by atoms with Gasteiger partial charge < -0.3 is 20.7 Å². The van der Waals surface area contributed by atoms with Gasteiger partial charge in [-0.2, -0.15) is 0 Å². The monoisotopic (exact) mass is 552 g/mol. The molecule has 1 fully saturated rings. The molecule has 0 radical (unpaired) electrons. The van der Waals surface area contributed by atoms with Crippen LogP contribution in [0.5, 0.6) is 5.88 Å². The lowest BCUT2D eigenvalue weighted by atomic mass is 9.92. The van der Waals surface area contributed by atoms with Crippen LogP contribution in [0.4, 0.5) is 0 Å². The quantitative estimate of drug-likeness (QED) is 0.424. The molecule has 1 aromatic carbocycles. The van der Waals surface area contributed by atoms with E-state index in [0.717, 1.165) is 16.3 Å². The van der Waals surface area contributed by atoms with Gasteiger partial charge in [0, 0.05) is 24.2 Å². The maximum Gasteiger partial charge on any atom is 0.258 e. The number of ether oxygens (including phenoxy) is 1. The number of nitrogens with zero attached hydrogens (tertiary/aromatic N) is 2. The van der Waals surface area contributed by atoms with Crippen LogP contribution in [0, 0.1) is 11.3 Å². The Kier molecular flexibility index (Phi) is 8.62. The first-order chi connectivity index (χ1) is 18.9. The third kappa shape index (κ3) is 6.52. The highest BCUT2D eigenvalue weighted by Crippen LogP contribution is 2.25. The number of amides is 4. The minimum absolute atomic E-state index is 0.0346. The Labute approximate surface area is 234 Å². The lowest BCUT2D eigenvalue weighted by Crippen LogP contribution is -2.62. The molecule has 11 heteroatoms. The van der Waals surface area contributed by atoms with Crippen LogP contribution >= 0.6 is 0 Å². The van der Waals surface area contributed by atoms with E-state index in [2.05, 4.69) is 26.4 Å². The van der Waals surface area contributed by atoms with Gasteiger partial charge in [-0.3, -0.25) is 24.2 Å². The maximum absolute atomic E-state index is 13.3. The molecule has 4 rings (SSSR count). The predicted octanol–water partition coefficient (Wildman–Crippen LogP) is 1.97. The maximum atomic E-state index is 13.3. The van der Waals surface area contributed by atoms with Crippen molar-refractivity contribution in [3.05, 3.63) is 36.0 Å². The first-order valence-electron chi connectivity index (χ1n) is 13.9. The summed E-state index contributed by atoms with van der Waals surface area (Å²) in [4.78, 5) is 57.2. The number of carbonyl (C=O) groups is 4. The van der Waals surface area contributed by atoms with Crippen molar-refractivity contribution in [3.63, 3.8) is 0 Å². The number of fused-ring (bicyclic) bond motifs is 4. The number of aromatic nitrogens is 1. The van der Waals surface area contributed by atoms with E-state index in [0.29, 0.717) is 25.3 Å². The number of benzene rings is 1. The van der Waals surface area contributed by atoms with Crippen molar-refractivity contribution >= 4 is 34.4 Å².